The predicted molar refractivity (Wildman–Crippen MR) is 48.2 cm³/mol. The van der Waals surface area contributed by atoms with Crippen LogP contribution in [-0.2, 0) is 4.79 Å². The fraction of sp³-hybridized carbons (Fsp3) is 0.875. The molecule has 0 aromatic rings. The van der Waals surface area contributed by atoms with Crippen LogP contribution in [0.5, 0.6) is 0 Å². The first-order valence-corrected chi connectivity index (χ1v) is 4.04. The van der Waals surface area contributed by atoms with Crippen LogP contribution in [-0.4, -0.2) is 30.8 Å². The smallest absolute Gasteiger partial charge is 0.123 e. The van der Waals surface area contributed by atoms with Gasteiger partial charge in [0, 0.05) is 5.92 Å². The maximum absolute atomic E-state index is 10.3. The summed E-state index contributed by atoms with van der Waals surface area (Å²) in [6.45, 7) is 5.52. The minimum Gasteiger partial charge on any atom is -0.304 e. The lowest BCUT2D eigenvalue weighted by molar-refractivity contribution is -0.112. The normalized spacial score (nSPS) is 20.8. The maximum Gasteiger partial charge on any atom is 0.123 e. The van der Waals surface area contributed by atoms with E-state index in [-0.39, 0.29) is 12.4 Å². The average Bonchev–Trinajstić information content (AvgIpc) is 2.05. The Kier molecular flexibility index (Phi) is 5.51. The molecular formula is C8H16ClNO. The first-order chi connectivity index (χ1) is 4.86. The molecule has 0 spiro atoms. The third-order valence-corrected chi connectivity index (χ3v) is 2.27. The molecule has 1 fully saturated rings. The Hall–Kier alpha value is -0.0800. The van der Waals surface area contributed by atoms with Gasteiger partial charge in [0.25, 0.3) is 0 Å². The molecule has 0 N–H and O–H groups in total. The molecule has 2 nitrogen and oxygen atoms in total. The number of halogens is 1. The Morgan fingerprint density at radius 3 is 2.36 bits per heavy atom. The summed E-state index contributed by atoms with van der Waals surface area (Å²) in [5.41, 5.74) is 0. The van der Waals surface area contributed by atoms with Gasteiger partial charge in [-0.25, -0.2) is 0 Å². The Labute approximate surface area is 74.4 Å². The summed E-state index contributed by atoms with van der Waals surface area (Å²) < 4.78 is 0. The molecule has 0 radical (unpaired) electrons. The second-order valence-electron chi connectivity index (χ2n) is 2.91. The van der Waals surface area contributed by atoms with Gasteiger partial charge in [-0.05, 0) is 32.5 Å². The number of hydrogen-bond acceptors (Lipinski definition) is 2. The van der Waals surface area contributed by atoms with Gasteiger partial charge in [0.2, 0.25) is 0 Å². The molecule has 0 aromatic heterocycles. The third-order valence-electron chi connectivity index (χ3n) is 2.27. The number of piperidine rings is 1. The van der Waals surface area contributed by atoms with E-state index in [0.29, 0.717) is 5.92 Å². The first kappa shape index (κ1) is 10.9. The summed E-state index contributed by atoms with van der Waals surface area (Å²) in [7, 11) is 0. The van der Waals surface area contributed by atoms with Crippen molar-refractivity contribution in [2.45, 2.75) is 19.8 Å². The topological polar surface area (TPSA) is 20.3 Å². The molecule has 0 aliphatic carbocycles. The van der Waals surface area contributed by atoms with Crippen LogP contribution in [0.25, 0.3) is 0 Å². The number of rotatable bonds is 2. The molecule has 3 heteroatoms. The van der Waals surface area contributed by atoms with E-state index < -0.39 is 0 Å². The van der Waals surface area contributed by atoms with Crippen LogP contribution in [0.3, 0.4) is 0 Å². The molecule has 66 valence electrons. The van der Waals surface area contributed by atoms with E-state index in [1.165, 1.54) is 0 Å². The van der Waals surface area contributed by atoms with E-state index in [4.69, 9.17) is 0 Å². The number of carbonyl (C=O) groups is 1. The van der Waals surface area contributed by atoms with Crippen molar-refractivity contribution in [1.82, 2.24) is 4.90 Å². The van der Waals surface area contributed by atoms with E-state index in [9.17, 15) is 4.79 Å². The predicted octanol–water partition coefficient (Wildman–Crippen LogP) is 1.34. The monoisotopic (exact) mass is 177 g/mol. The molecule has 0 atom stereocenters. The summed E-state index contributed by atoms with van der Waals surface area (Å²) >= 11 is 0. The lowest BCUT2D eigenvalue weighted by atomic mass is 9.99. The zero-order valence-electron chi connectivity index (χ0n) is 6.95. The molecule has 1 aliphatic rings. The van der Waals surface area contributed by atoms with E-state index >= 15 is 0 Å². The molecule has 0 amide bonds. The summed E-state index contributed by atoms with van der Waals surface area (Å²) in [4.78, 5) is 12.7. The van der Waals surface area contributed by atoms with Crippen molar-refractivity contribution >= 4 is 18.7 Å². The largest absolute Gasteiger partial charge is 0.304 e. The van der Waals surface area contributed by atoms with Crippen LogP contribution in [0.15, 0.2) is 0 Å². The Morgan fingerprint density at radius 2 is 2.00 bits per heavy atom. The van der Waals surface area contributed by atoms with Crippen LogP contribution >= 0.6 is 12.4 Å². The van der Waals surface area contributed by atoms with Crippen LogP contribution < -0.4 is 0 Å². The SMILES string of the molecule is CCN1CCC(C=O)CC1.Cl. The molecule has 11 heavy (non-hydrogen) atoms. The number of aldehydes is 1. The molecular weight excluding hydrogens is 162 g/mol. The Morgan fingerprint density at radius 1 is 1.45 bits per heavy atom. The number of carbonyl (C=O) groups excluding carboxylic acids is 1. The lowest BCUT2D eigenvalue weighted by Gasteiger charge is -2.27. The second-order valence-corrected chi connectivity index (χ2v) is 2.91. The zero-order chi connectivity index (χ0) is 7.40. The molecule has 1 aliphatic heterocycles. The molecule has 0 saturated carbocycles. The Bertz CT molecular complexity index is 111. The highest BCUT2D eigenvalue weighted by atomic mass is 35.5. The molecule has 0 bridgehead atoms. The Balaban J connectivity index is 0.000001000. The lowest BCUT2D eigenvalue weighted by Crippen LogP contribution is -2.33. The molecule has 1 saturated heterocycles. The van der Waals surface area contributed by atoms with E-state index in [0.717, 1.165) is 38.8 Å². The average molecular weight is 178 g/mol. The molecule has 0 aromatic carbocycles. The van der Waals surface area contributed by atoms with Gasteiger partial charge < -0.3 is 9.69 Å². The number of likely N-dealkylation sites (tertiary alicyclic amines) is 1. The highest BCUT2D eigenvalue weighted by molar-refractivity contribution is 5.85. The number of nitrogens with zero attached hydrogens (tertiary/aromatic N) is 1. The van der Waals surface area contributed by atoms with Crippen molar-refractivity contribution in [2.75, 3.05) is 19.6 Å². The van der Waals surface area contributed by atoms with Crippen molar-refractivity contribution in [2.24, 2.45) is 5.92 Å². The van der Waals surface area contributed by atoms with E-state index in [2.05, 4.69) is 11.8 Å². The summed E-state index contributed by atoms with van der Waals surface area (Å²) in [6.07, 6.45) is 3.24. The minimum atomic E-state index is 0. The van der Waals surface area contributed by atoms with Gasteiger partial charge in [0.1, 0.15) is 6.29 Å². The van der Waals surface area contributed by atoms with Crippen LogP contribution in [0.4, 0.5) is 0 Å². The first-order valence-electron chi connectivity index (χ1n) is 4.04. The van der Waals surface area contributed by atoms with Gasteiger partial charge in [-0.2, -0.15) is 0 Å². The minimum absolute atomic E-state index is 0. The van der Waals surface area contributed by atoms with Crippen LogP contribution in [0.1, 0.15) is 19.8 Å². The number of hydrogen-bond donors (Lipinski definition) is 0. The fourth-order valence-electron chi connectivity index (χ4n) is 1.41. The van der Waals surface area contributed by atoms with Gasteiger partial charge in [-0.1, -0.05) is 6.92 Å². The highest BCUT2D eigenvalue weighted by Crippen LogP contribution is 2.13. The quantitative estimate of drug-likeness (QED) is 0.594. The van der Waals surface area contributed by atoms with Crippen LogP contribution in [0.2, 0.25) is 0 Å². The summed E-state index contributed by atoms with van der Waals surface area (Å²) in [5.74, 6) is 0.350. The standard InChI is InChI=1S/C8H15NO.ClH/c1-2-9-5-3-8(7-10)4-6-9;/h7-8H,2-6H2,1H3;1H. The van der Waals surface area contributed by atoms with Crippen molar-refractivity contribution in [3.05, 3.63) is 0 Å². The molecule has 1 rings (SSSR count). The van der Waals surface area contributed by atoms with Gasteiger partial charge in [-0.15, -0.1) is 12.4 Å². The molecule has 0 unspecified atom stereocenters. The summed E-state index contributed by atoms with van der Waals surface area (Å²) in [6, 6.07) is 0. The van der Waals surface area contributed by atoms with Crippen molar-refractivity contribution in [3.63, 3.8) is 0 Å². The molecule has 1 heterocycles. The maximum atomic E-state index is 10.3. The van der Waals surface area contributed by atoms with Crippen molar-refractivity contribution < 1.29 is 4.79 Å². The van der Waals surface area contributed by atoms with E-state index in [1.54, 1.807) is 0 Å². The summed E-state index contributed by atoms with van der Waals surface area (Å²) in [5, 5.41) is 0. The fourth-order valence-corrected chi connectivity index (χ4v) is 1.41. The third kappa shape index (κ3) is 3.21. The van der Waals surface area contributed by atoms with Gasteiger partial charge >= 0.3 is 0 Å². The van der Waals surface area contributed by atoms with Gasteiger partial charge in [0.05, 0.1) is 0 Å². The van der Waals surface area contributed by atoms with Crippen LogP contribution in [0, 0.1) is 5.92 Å². The van der Waals surface area contributed by atoms with Gasteiger partial charge in [-0.3, -0.25) is 0 Å². The zero-order valence-corrected chi connectivity index (χ0v) is 7.77. The highest BCUT2D eigenvalue weighted by Gasteiger charge is 2.16. The van der Waals surface area contributed by atoms with Crippen molar-refractivity contribution in [1.29, 1.82) is 0 Å². The van der Waals surface area contributed by atoms with Gasteiger partial charge in [0.15, 0.2) is 0 Å². The van der Waals surface area contributed by atoms with E-state index in [1.807, 2.05) is 0 Å². The second kappa shape index (κ2) is 5.56. The van der Waals surface area contributed by atoms with Crippen molar-refractivity contribution in [3.8, 4) is 0 Å².